The smallest absolute Gasteiger partial charge is 0.243 e. The van der Waals surface area contributed by atoms with E-state index in [0.29, 0.717) is 17.9 Å². The van der Waals surface area contributed by atoms with Crippen LogP contribution in [0, 0.1) is 0 Å². The number of piperidine rings is 1. The van der Waals surface area contributed by atoms with Gasteiger partial charge in [0.2, 0.25) is 5.89 Å². The summed E-state index contributed by atoms with van der Waals surface area (Å²) >= 11 is 0. The van der Waals surface area contributed by atoms with Gasteiger partial charge in [0.25, 0.3) is 0 Å². The van der Waals surface area contributed by atoms with Gasteiger partial charge < -0.3 is 14.7 Å². The van der Waals surface area contributed by atoms with Crippen molar-refractivity contribution in [2.24, 2.45) is 0 Å². The number of hydrogen-bond acceptors (Lipinski definition) is 7. The van der Waals surface area contributed by atoms with Gasteiger partial charge in [0.1, 0.15) is 0 Å². The molecule has 1 saturated heterocycles. The third kappa shape index (κ3) is 3.34. The maximum absolute atomic E-state index is 5.42. The van der Waals surface area contributed by atoms with Gasteiger partial charge in [-0.1, -0.05) is 5.16 Å². The maximum Gasteiger partial charge on any atom is 0.243 e. The Balaban J connectivity index is 1.37. The summed E-state index contributed by atoms with van der Waals surface area (Å²) in [6, 6.07) is 4.40. The van der Waals surface area contributed by atoms with Gasteiger partial charge in [-0.25, -0.2) is 0 Å². The molecular formula is C16H22N6O. The van der Waals surface area contributed by atoms with Crippen LogP contribution in [0.1, 0.15) is 56.3 Å². The van der Waals surface area contributed by atoms with Gasteiger partial charge in [-0.3, -0.25) is 0 Å². The standard InChI is InChI=1S/C16H22N6O/c1-11(16-19-15(21-23-16)12-6-7-12)18-13-4-3-9-22(10-13)14-5-2-8-17-20-14/h2,5,8,11-13,18H,3-4,6-7,9-10H2,1H3. The van der Waals surface area contributed by atoms with Gasteiger partial charge in [0.15, 0.2) is 11.6 Å². The zero-order valence-electron chi connectivity index (χ0n) is 13.4. The fraction of sp³-hybridized carbons (Fsp3) is 0.625. The minimum absolute atomic E-state index is 0.0711. The van der Waals surface area contributed by atoms with Crippen molar-refractivity contribution in [1.82, 2.24) is 25.7 Å². The van der Waals surface area contributed by atoms with Crippen LogP contribution in [0.25, 0.3) is 0 Å². The molecule has 0 spiro atoms. The minimum Gasteiger partial charge on any atom is -0.354 e. The Kier molecular flexibility index (Phi) is 3.95. The Morgan fingerprint density at radius 3 is 3.04 bits per heavy atom. The summed E-state index contributed by atoms with van der Waals surface area (Å²) in [4.78, 5) is 6.82. The molecular weight excluding hydrogens is 292 g/mol. The van der Waals surface area contributed by atoms with Crippen LogP contribution in [0.5, 0.6) is 0 Å². The van der Waals surface area contributed by atoms with Crippen molar-refractivity contribution in [3.05, 3.63) is 30.0 Å². The Bertz CT molecular complexity index is 641. The highest BCUT2D eigenvalue weighted by Crippen LogP contribution is 2.38. The monoisotopic (exact) mass is 314 g/mol. The van der Waals surface area contributed by atoms with Gasteiger partial charge in [-0.15, -0.1) is 5.10 Å². The lowest BCUT2D eigenvalue weighted by molar-refractivity contribution is 0.307. The summed E-state index contributed by atoms with van der Waals surface area (Å²) in [7, 11) is 0. The Morgan fingerprint density at radius 2 is 2.26 bits per heavy atom. The van der Waals surface area contributed by atoms with E-state index >= 15 is 0 Å². The number of rotatable bonds is 5. The molecule has 7 heteroatoms. The summed E-state index contributed by atoms with van der Waals surface area (Å²) in [6.45, 7) is 4.04. The van der Waals surface area contributed by atoms with E-state index in [1.165, 1.54) is 12.8 Å². The third-order valence-electron chi connectivity index (χ3n) is 4.56. The molecule has 2 atom stereocenters. The summed E-state index contributed by atoms with van der Waals surface area (Å²) < 4.78 is 5.42. The average molecular weight is 314 g/mol. The first kappa shape index (κ1) is 14.6. The molecule has 0 amide bonds. The molecule has 7 nitrogen and oxygen atoms in total. The van der Waals surface area contributed by atoms with Crippen molar-refractivity contribution in [1.29, 1.82) is 0 Å². The Labute approximate surface area is 135 Å². The maximum atomic E-state index is 5.42. The van der Waals surface area contributed by atoms with Crippen LogP contribution < -0.4 is 10.2 Å². The van der Waals surface area contributed by atoms with Crippen LogP contribution in [0.4, 0.5) is 5.82 Å². The normalized spacial score (nSPS) is 23.0. The number of aromatic nitrogens is 4. The van der Waals surface area contributed by atoms with Crippen molar-refractivity contribution in [3.8, 4) is 0 Å². The molecule has 1 N–H and O–H groups in total. The average Bonchev–Trinajstić information content (AvgIpc) is 3.33. The predicted octanol–water partition coefficient (Wildman–Crippen LogP) is 2.06. The molecule has 2 aromatic rings. The van der Waals surface area contributed by atoms with Gasteiger partial charge >= 0.3 is 0 Å². The first-order valence-electron chi connectivity index (χ1n) is 8.42. The second-order valence-electron chi connectivity index (χ2n) is 6.52. The molecule has 3 heterocycles. The highest BCUT2D eigenvalue weighted by molar-refractivity contribution is 5.37. The third-order valence-corrected chi connectivity index (χ3v) is 4.56. The number of anilines is 1. The largest absolute Gasteiger partial charge is 0.354 e. The van der Waals surface area contributed by atoms with E-state index in [2.05, 4.69) is 37.5 Å². The molecule has 1 saturated carbocycles. The van der Waals surface area contributed by atoms with E-state index in [1.807, 2.05) is 12.1 Å². The predicted molar refractivity (Wildman–Crippen MR) is 85.1 cm³/mol. The molecule has 0 aromatic carbocycles. The molecule has 23 heavy (non-hydrogen) atoms. The SMILES string of the molecule is CC(NC1CCCN(c2cccnn2)C1)c1nc(C2CC2)no1. The molecule has 122 valence electrons. The summed E-state index contributed by atoms with van der Waals surface area (Å²) in [5, 5.41) is 15.9. The second kappa shape index (κ2) is 6.23. The number of nitrogens with zero attached hydrogens (tertiary/aromatic N) is 5. The Morgan fingerprint density at radius 1 is 1.35 bits per heavy atom. The van der Waals surface area contributed by atoms with Gasteiger partial charge in [0, 0.05) is 31.2 Å². The summed E-state index contributed by atoms with van der Waals surface area (Å²) in [6.07, 6.45) is 6.37. The Hall–Kier alpha value is -2.02. The zero-order valence-corrected chi connectivity index (χ0v) is 13.4. The number of nitrogens with one attached hydrogen (secondary N) is 1. The van der Waals surface area contributed by atoms with Crippen LogP contribution in [0.15, 0.2) is 22.9 Å². The van der Waals surface area contributed by atoms with E-state index in [9.17, 15) is 0 Å². The van der Waals surface area contributed by atoms with Gasteiger partial charge in [0.05, 0.1) is 6.04 Å². The fourth-order valence-electron chi connectivity index (χ4n) is 3.14. The zero-order chi connectivity index (χ0) is 15.6. The van der Waals surface area contributed by atoms with Crippen LogP contribution in [-0.4, -0.2) is 39.5 Å². The highest BCUT2D eigenvalue weighted by atomic mass is 16.5. The van der Waals surface area contributed by atoms with Crippen LogP contribution in [-0.2, 0) is 0 Å². The molecule has 1 aliphatic carbocycles. The minimum atomic E-state index is 0.0711. The van der Waals surface area contributed by atoms with Crippen molar-refractivity contribution < 1.29 is 4.52 Å². The summed E-state index contributed by atoms with van der Waals surface area (Å²) in [5.74, 6) is 3.05. The molecule has 2 aromatic heterocycles. The van der Waals surface area contributed by atoms with Crippen LogP contribution >= 0.6 is 0 Å². The van der Waals surface area contributed by atoms with E-state index in [-0.39, 0.29) is 6.04 Å². The lowest BCUT2D eigenvalue weighted by Crippen LogP contribution is -2.46. The molecule has 0 radical (unpaired) electrons. The van der Waals surface area contributed by atoms with Gasteiger partial charge in [-0.2, -0.15) is 10.1 Å². The van der Waals surface area contributed by atoms with Crippen molar-refractivity contribution in [2.45, 2.75) is 50.6 Å². The topological polar surface area (TPSA) is 80.0 Å². The van der Waals surface area contributed by atoms with E-state index in [0.717, 1.165) is 37.6 Å². The molecule has 1 aliphatic heterocycles. The van der Waals surface area contributed by atoms with E-state index < -0.39 is 0 Å². The first-order chi connectivity index (χ1) is 11.3. The van der Waals surface area contributed by atoms with E-state index in [1.54, 1.807) is 6.20 Å². The highest BCUT2D eigenvalue weighted by Gasteiger charge is 2.30. The van der Waals surface area contributed by atoms with Crippen LogP contribution in [0.3, 0.4) is 0 Å². The van der Waals surface area contributed by atoms with E-state index in [4.69, 9.17) is 4.52 Å². The fourth-order valence-corrected chi connectivity index (χ4v) is 3.14. The lowest BCUT2D eigenvalue weighted by atomic mass is 10.0. The second-order valence-corrected chi connectivity index (χ2v) is 6.52. The lowest BCUT2D eigenvalue weighted by Gasteiger charge is -2.34. The first-order valence-corrected chi connectivity index (χ1v) is 8.42. The molecule has 0 bridgehead atoms. The molecule has 2 fully saturated rings. The van der Waals surface area contributed by atoms with Gasteiger partial charge in [-0.05, 0) is 44.7 Å². The molecule has 2 aliphatic rings. The van der Waals surface area contributed by atoms with Crippen molar-refractivity contribution in [2.75, 3.05) is 18.0 Å². The van der Waals surface area contributed by atoms with Crippen molar-refractivity contribution in [3.63, 3.8) is 0 Å². The van der Waals surface area contributed by atoms with Crippen LogP contribution in [0.2, 0.25) is 0 Å². The quantitative estimate of drug-likeness (QED) is 0.904. The molecule has 4 rings (SSSR count). The molecule has 2 unspecified atom stereocenters. The summed E-state index contributed by atoms with van der Waals surface area (Å²) in [5.41, 5.74) is 0. The number of hydrogen-bond donors (Lipinski definition) is 1. The van der Waals surface area contributed by atoms with Crippen molar-refractivity contribution >= 4 is 5.82 Å².